The van der Waals surface area contributed by atoms with Crippen molar-refractivity contribution in [2.24, 2.45) is 0 Å². The molecule has 0 amide bonds. The molecule has 0 heterocycles. The summed E-state index contributed by atoms with van der Waals surface area (Å²) in [4.78, 5) is 10.3. The maximum absolute atomic E-state index is 10.3. The molecule has 1 unspecified atom stereocenters. The van der Waals surface area contributed by atoms with Crippen LogP contribution in [0.3, 0.4) is 0 Å². The van der Waals surface area contributed by atoms with Crippen LogP contribution < -0.4 is 0 Å². The van der Waals surface area contributed by atoms with Crippen molar-refractivity contribution in [2.75, 3.05) is 6.61 Å². The second-order valence-electron chi connectivity index (χ2n) is 3.41. The minimum Gasteiger partial charge on any atom is -0.374 e. The molecule has 0 aliphatic rings. The van der Waals surface area contributed by atoms with Gasteiger partial charge in [0.1, 0.15) is 6.29 Å². The highest BCUT2D eigenvalue weighted by Crippen LogP contribution is 2.05. The maximum atomic E-state index is 10.3. The lowest BCUT2D eigenvalue weighted by molar-refractivity contribution is -0.110. The van der Waals surface area contributed by atoms with E-state index in [1.165, 1.54) is 6.42 Å². The summed E-state index contributed by atoms with van der Waals surface area (Å²) in [6, 6.07) is 0. The van der Waals surface area contributed by atoms with Gasteiger partial charge < -0.3 is 9.53 Å². The fourth-order valence-electron chi connectivity index (χ4n) is 1.24. The van der Waals surface area contributed by atoms with Crippen molar-refractivity contribution in [3.05, 3.63) is 12.2 Å². The van der Waals surface area contributed by atoms with Gasteiger partial charge in [0, 0.05) is 6.42 Å². The Morgan fingerprint density at radius 3 is 2.57 bits per heavy atom. The van der Waals surface area contributed by atoms with Gasteiger partial charge in [-0.15, -0.1) is 0 Å². The lowest BCUT2D eigenvalue weighted by Crippen LogP contribution is -2.13. The third-order valence-electron chi connectivity index (χ3n) is 2.02. The molecule has 0 spiro atoms. The molecule has 0 saturated heterocycles. The van der Waals surface area contributed by atoms with Crippen LogP contribution in [-0.2, 0) is 9.53 Å². The standard InChI is InChI=1S/C12H22O2/c1-3-5-6-7-11-14-12(8-4-2)9-10-13/h6-7,10,12H,3-5,8-9,11H2,1-2H3. The van der Waals surface area contributed by atoms with Crippen molar-refractivity contribution in [3.8, 4) is 0 Å². The van der Waals surface area contributed by atoms with Crippen LogP contribution in [0.1, 0.15) is 46.0 Å². The Morgan fingerprint density at radius 1 is 1.21 bits per heavy atom. The van der Waals surface area contributed by atoms with Gasteiger partial charge in [-0.25, -0.2) is 0 Å². The molecule has 2 heteroatoms. The zero-order valence-corrected chi connectivity index (χ0v) is 9.37. The molecular formula is C12H22O2. The summed E-state index contributed by atoms with van der Waals surface area (Å²) in [5.74, 6) is 0. The van der Waals surface area contributed by atoms with Gasteiger partial charge in [0.25, 0.3) is 0 Å². The first kappa shape index (κ1) is 13.4. The Morgan fingerprint density at radius 2 is 2.00 bits per heavy atom. The summed E-state index contributed by atoms with van der Waals surface area (Å²) in [6.07, 6.45) is 10.1. The molecule has 1 atom stereocenters. The van der Waals surface area contributed by atoms with E-state index in [4.69, 9.17) is 4.74 Å². The summed E-state index contributed by atoms with van der Waals surface area (Å²) in [5.41, 5.74) is 0. The first-order valence-corrected chi connectivity index (χ1v) is 5.55. The van der Waals surface area contributed by atoms with Gasteiger partial charge in [-0.05, 0) is 12.8 Å². The van der Waals surface area contributed by atoms with E-state index in [9.17, 15) is 4.79 Å². The van der Waals surface area contributed by atoms with Crippen molar-refractivity contribution in [1.29, 1.82) is 0 Å². The Hall–Kier alpha value is -0.630. The van der Waals surface area contributed by atoms with Gasteiger partial charge in [-0.1, -0.05) is 38.8 Å². The van der Waals surface area contributed by atoms with Crippen LogP contribution in [0.2, 0.25) is 0 Å². The number of hydrogen-bond acceptors (Lipinski definition) is 2. The lowest BCUT2D eigenvalue weighted by Gasteiger charge is -2.12. The van der Waals surface area contributed by atoms with Gasteiger partial charge in [-0.2, -0.15) is 0 Å². The fraction of sp³-hybridized carbons (Fsp3) is 0.750. The van der Waals surface area contributed by atoms with E-state index in [-0.39, 0.29) is 6.10 Å². The van der Waals surface area contributed by atoms with Crippen LogP contribution in [0.5, 0.6) is 0 Å². The molecule has 2 nitrogen and oxygen atoms in total. The molecule has 0 rings (SSSR count). The summed E-state index contributed by atoms with van der Waals surface area (Å²) in [7, 11) is 0. The first-order chi connectivity index (χ1) is 6.85. The molecule has 0 aliphatic carbocycles. The van der Waals surface area contributed by atoms with Crippen molar-refractivity contribution >= 4 is 6.29 Å². The number of unbranched alkanes of at least 4 members (excludes halogenated alkanes) is 1. The van der Waals surface area contributed by atoms with E-state index in [1.807, 2.05) is 6.08 Å². The lowest BCUT2D eigenvalue weighted by atomic mass is 10.1. The molecule has 0 radical (unpaired) electrons. The summed E-state index contributed by atoms with van der Waals surface area (Å²) < 4.78 is 5.55. The SMILES string of the molecule is CCCC=CCOC(CC=O)CCC. The van der Waals surface area contributed by atoms with Gasteiger partial charge >= 0.3 is 0 Å². The van der Waals surface area contributed by atoms with Crippen LogP contribution in [-0.4, -0.2) is 19.0 Å². The first-order valence-electron chi connectivity index (χ1n) is 5.55. The Kier molecular flexibility index (Phi) is 9.98. The van der Waals surface area contributed by atoms with Crippen molar-refractivity contribution in [3.63, 3.8) is 0 Å². The quantitative estimate of drug-likeness (QED) is 0.420. The minimum atomic E-state index is 0.115. The van der Waals surface area contributed by atoms with E-state index in [0.717, 1.165) is 25.5 Å². The van der Waals surface area contributed by atoms with Crippen LogP contribution in [0.4, 0.5) is 0 Å². The molecule has 14 heavy (non-hydrogen) atoms. The third-order valence-corrected chi connectivity index (χ3v) is 2.02. The van der Waals surface area contributed by atoms with Crippen LogP contribution in [0, 0.1) is 0 Å². The van der Waals surface area contributed by atoms with Crippen molar-refractivity contribution < 1.29 is 9.53 Å². The predicted molar refractivity (Wildman–Crippen MR) is 59.4 cm³/mol. The summed E-state index contributed by atoms with van der Waals surface area (Å²) in [6.45, 7) is 4.89. The van der Waals surface area contributed by atoms with E-state index >= 15 is 0 Å². The molecule has 0 saturated carbocycles. The van der Waals surface area contributed by atoms with Crippen LogP contribution >= 0.6 is 0 Å². The van der Waals surface area contributed by atoms with Gasteiger partial charge in [0.15, 0.2) is 0 Å². The number of aldehydes is 1. The monoisotopic (exact) mass is 198 g/mol. The van der Waals surface area contributed by atoms with E-state index in [0.29, 0.717) is 13.0 Å². The molecule has 0 N–H and O–H groups in total. The van der Waals surface area contributed by atoms with E-state index in [1.54, 1.807) is 0 Å². The molecule has 0 aromatic heterocycles. The molecule has 0 aromatic carbocycles. The van der Waals surface area contributed by atoms with Crippen LogP contribution in [0.15, 0.2) is 12.2 Å². The van der Waals surface area contributed by atoms with Gasteiger partial charge in [-0.3, -0.25) is 0 Å². The molecule has 82 valence electrons. The number of carbonyl (C=O) groups excluding carboxylic acids is 1. The summed E-state index contributed by atoms with van der Waals surface area (Å²) in [5, 5.41) is 0. The van der Waals surface area contributed by atoms with Crippen LogP contribution in [0.25, 0.3) is 0 Å². The second kappa shape index (κ2) is 10.5. The predicted octanol–water partition coefficient (Wildman–Crippen LogP) is 3.12. The minimum absolute atomic E-state index is 0.115. The highest BCUT2D eigenvalue weighted by atomic mass is 16.5. The normalized spacial score (nSPS) is 13.3. The van der Waals surface area contributed by atoms with Gasteiger partial charge in [0.05, 0.1) is 12.7 Å². The highest BCUT2D eigenvalue weighted by Gasteiger charge is 2.05. The average Bonchev–Trinajstić information content (AvgIpc) is 2.18. The number of ether oxygens (including phenoxy) is 1. The Balaban J connectivity index is 3.53. The second-order valence-corrected chi connectivity index (χ2v) is 3.41. The average molecular weight is 198 g/mol. The topological polar surface area (TPSA) is 26.3 Å². The molecule has 0 aliphatic heterocycles. The molecule has 0 fully saturated rings. The van der Waals surface area contributed by atoms with Crippen molar-refractivity contribution in [2.45, 2.75) is 52.1 Å². The smallest absolute Gasteiger partial charge is 0.122 e. The number of rotatable bonds is 9. The molecule has 0 bridgehead atoms. The van der Waals surface area contributed by atoms with Gasteiger partial charge in [0.2, 0.25) is 0 Å². The zero-order chi connectivity index (χ0) is 10.6. The number of carbonyl (C=O) groups is 1. The highest BCUT2D eigenvalue weighted by molar-refractivity contribution is 5.50. The maximum Gasteiger partial charge on any atom is 0.122 e. The number of hydrogen-bond donors (Lipinski definition) is 0. The summed E-state index contributed by atoms with van der Waals surface area (Å²) >= 11 is 0. The fourth-order valence-corrected chi connectivity index (χ4v) is 1.24. The van der Waals surface area contributed by atoms with E-state index < -0.39 is 0 Å². The third kappa shape index (κ3) is 7.99. The Bertz CT molecular complexity index is 152. The number of allylic oxidation sites excluding steroid dienone is 1. The molecule has 0 aromatic rings. The van der Waals surface area contributed by atoms with Crippen molar-refractivity contribution in [1.82, 2.24) is 0 Å². The molecular weight excluding hydrogens is 176 g/mol. The largest absolute Gasteiger partial charge is 0.374 e. The van der Waals surface area contributed by atoms with E-state index in [2.05, 4.69) is 19.9 Å². The Labute approximate surface area is 87.3 Å². The zero-order valence-electron chi connectivity index (χ0n) is 9.37.